The van der Waals surface area contributed by atoms with E-state index in [1.807, 2.05) is 61.5 Å². The van der Waals surface area contributed by atoms with Crippen molar-refractivity contribution in [2.24, 2.45) is 0 Å². The van der Waals surface area contributed by atoms with Crippen molar-refractivity contribution in [2.45, 2.75) is 13.5 Å². The van der Waals surface area contributed by atoms with E-state index >= 15 is 0 Å². The van der Waals surface area contributed by atoms with E-state index in [9.17, 15) is 4.79 Å². The molecule has 0 aliphatic rings. The number of hydrogen-bond acceptors (Lipinski definition) is 2. The molecule has 0 unspecified atom stereocenters. The molecular weight excluding hydrogens is 306 g/mol. The average Bonchev–Trinajstić information content (AvgIpc) is 2.55. The van der Waals surface area contributed by atoms with Crippen molar-refractivity contribution in [3.63, 3.8) is 0 Å². The average molecular weight is 327 g/mol. The summed E-state index contributed by atoms with van der Waals surface area (Å²) in [7, 11) is 1.80. The Bertz CT molecular complexity index is 656. The lowest BCUT2D eigenvalue weighted by molar-refractivity contribution is -0.116. The van der Waals surface area contributed by atoms with Gasteiger partial charge in [-0.25, -0.2) is 0 Å². The van der Waals surface area contributed by atoms with Crippen molar-refractivity contribution >= 4 is 28.9 Å². The normalized spacial score (nSPS) is 10.0. The molecule has 0 radical (unpaired) electrons. The first-order valence-electron chi connectivity index (χ1n) is 7.44. The first kappa shape index (κ1) is 17.0. The predicted octanol–water partition coefficient (Wildman–Crippen LogP) is 2.94. The largest absolute Gasteiger partial charge is 0.358 e. The molecule has 0 saturated carbocycles. The van der Waals surface area contributed by atoms with Crippen LogP contribution in [0.1, 0.15) is 11.1 Å². The zero-order valence-electron chi connectivity index (χ0n) is 13.4. The Kier molecular flexibility index (Phi) is 6.11. The van der Waals surface area contributed by atoms with Gasteiger partial charge in [0, 0.05) is 19.3 Å². The molecule has 5 heteroatoms. The maximum atomic E-state index is 12.0. The third kappa shape index (κ3) is 5.71. The number of thiocarbonyl (C=S) groups is 1. The Balaban J connectivity index is 1.78. The van der Waals surface area contributed by atoms with E-state index in [0.29, 0.717) is 11.7 Å². The van der Waals surface area contributed by atoms with Gasteiger partial charge in [0.05, 0.1) is 6.54 Å². The maximum Gasteiger partial charge on any atom is 0.243 e. The van der Waals surface area contributed by atoms with Crippen molar-refractivity contribution in [3.8, 4) is 0 Å². The summed E-state index contributed by atoms with van der Waals surface area (Å²) in [5.74, 6) is -0.0970. The van der Waals surface area contributed by atoms with Crippen LogP contribution in [-0.2, 0) is 11.3 Å². The molecule has 0 aromatic heterocycles. The number of carbonyl (C=O) groups is 1. The fourth-order valence-corrected chi connectivity index (χ4v) is 2.17. The molecule has 0 aliphatic heterocycles. The van der Waals surface area contributed by atoms with E-state index in [1.165, 1.54) is 0 Å². The van der Waals surface area contributed by atoms with E-state index < -0.39 is 0 Å². The van der Waals surface area contributed by atoms with Crippen molar-refractivity contribution in [2.75, 3.05) is 18.9 Å². The number of hydrogen-bond donors (Lipinski definition) is 2. The van der Waals surface area contributed by atoms with Crippen molar-refractivity contribution in [1.29, 1.82) is 0 Å². The fraction of sp³-hybridized carbons (Fsp3) is 0.222. The van der Waals surface area contributed by atoms with E-state index in [2.05, 4.69) is 10.6 Å². The molecule has 4 nitrogen and oxygen atoms in total. The number of likely N-dealkylation sites (N-methyl/N-ethyl adjacent to an activating group) is 1. The van der Waals surface area contributed by atoms with Gasteiger partial charge >= 0.3 is 0 Å². The molecule has 0 atom stereocenters. The third-order valence-electron chi connectivity index (χ3n) is 3.35. The molecule has 2 aromatic rings. The number of rotatable bonds is 5. The molecule has 23 heavy (non-hydrogen) atoms. The Morgan fingerprint density at radius 2 is 1.74 bits per heavy atom. The molecule has 0 aliphatic carbocycles. The summed E-state index contributed by atoms with van der Waals surface area (Å²) in [4.78, 5) is 13.8. The van der Waals surface area contributed by atoms with E-state index in [0.717, 1.165) is 16.8 Å². The lowest BCUT2D eigenvalue weighted by Gasteiger charge is -2.20. The van der Waals surface area contributed by atoms with Crippen LogP contribution in [0.4, 0.5) is 5.69 Å². The Labute approximate surface area is 142 Å². The summed E-state index contributed by atoms with van der Waals surface area (Å²) in [6.07, 6.45) is 0. The van der Waals surface area contributed by atoms with Crippen LogP contribution in [0.3, 0.4) is 0 Å². The molecule has 0 spiro atoms. The van der Waals surface area contributed by atoms with Crippen LogP contribution in [0.15, 0.2) is 54.6 Å². The molecular formula is C18H21N3OS. The molecule has 2 N–H and O–H groups in total. The van der Waals surface area contributed by atoms with Crippen molar-refractivity contribution in [1.82, 2.24) is 10.2 Å². The number of aryl methyl sites for hydroxylation is 1. The smallest absolute Gasteiger partial charge is 0.243 e. The molecule has 120 valence electrons. The number of carbonyl (C=O) groups excluding carboxylic acids is 1. The lowest BCUT2D eigenvalue weighted by Crippen LogP contribution is -2.41. The van der Waals surface area contributed by atoms with Crippen LogP contribution in [0.2, 0.25) is 0 Å². The minimum absolute atomic E-state index is 0.0970. The first-order valence-corrected chi connectivity index (χ1v) is 7.85. The van der Waals surface area contributed by atoms with Crippen LogP contribution in [-0.4, -0.2) is 29.5 Å². The van der Waals surface area contributed by atoms with Gasteiger partial charge in [-0.15, -0.1) is 0 Å². The fourth-order valence-electron chi connectivity index (χ4n) is 2.03. The summed E-state index contributed by atoms with van der Waals surface area (Å²) >= 11 is 5.31. The van der Waals surface area contributed by atoms with Gasteiger partial charge in [0.25, 0.3) is 0 Å². The van der Waals surface area contributed by atoms with Crippen LogP contribution >= 0.6 is 12.2 Å². The highest BCUT2D eigenvalue weighted by molar-refractivity contribution is 7.80. The Morgan fingerprint density at radius 3 is 2.39 bits per heavy atom. The summed E-state index contributed by atoms with van der Waals surface area (Å²) < 4.78 is 0. The highest BCUT2D eigenvalue weighted by Crippen LogP contribution is 2.08. The molecule has 0 bridgehead atoms. The number of amides is 1. The Hall–Kier alpha value is -2.40. The van der Waals surface area contributed by atoms with Gasteiger partial charge in [0.1, 0.15) is 0 Å². The second-order valence-electron chi connectivity index (χ2n) is 5.41. The highest BCUT2D eigenvalue weighted by atomic mass is 32.1. The number of anilines is 1. The second-order valence-corrected chi connectivity index (χ2v) is 5.80. The zero-order valence-corrected chi connectivity index (χ0v) is 14.2. The van der Waals surface area contributed by atoms with Crippen molar-refractivity contribution in [3.05, 3.63) is 65.7 Å². The van der Waals surface area contributed by atoms with E-state index in [-0.39, 0.29) is 12.5 Å². The van der Waals surface area contributed by atoms with Gasteiger partial charge < -0.3 is 15.5 Å². The van der Waals surface area contributed by atoms with Crippen LogP contribution in [0.25, 0.3) is 0 Å². The van der Waals surface area contributed by atoms with Gasteiger partial charge in [-0.3, -0.25) is 4.79 Å². The second kappa shape index (κ2) is 8.29. The molecule has 2 aromatic carbocycles. The summed E-state index contributed by atoms with van der Waals surface area (Å²) in [5.41, 5.74) is 3.09. The molecule has 0 heterocycles. The molecule has 0 fully saturated rings. The maximum absolute atomic E-state index is 12.0. The zero-order chi connectivity index (χ0) is 16.7. The standard InChI is InChI=1S/C18H21N3OS/c1-14-8-10-16(11-9-14)20-17(22)13-21(2)18(23)19-12-15-6-4-3-5-7-15/h3-11H,12-13H2,1-2H3,(H,19,23)(H,20,22). The monoisotopic (exact) mass is 327 g/mol. The first-order chi connectivity index (χ1) is 11.0. The summed E-state index contributed by atoms with van der Waals surface area (Å²) in [5, 5.41) is 6.56. The van der Waals surface area contributed by atoms with E-state index in [4.69, 9.17) is 12.2 Å². The van der Waals surface area contributed by atoms with Crippen LogP contribution < -0.4 is 10.6 Å². The molecule has 2 rings (SSSR count). The minimum Gasteiger partial charge on any atom is -0.358 e. The summed E-state index contributed by atoms with van der Waals surface area (Å²) in [6.45, 7) is 2.86. The Morgan fingerprint density at radius 1 is 1.09 bits per heavy atom. The van der Waals surface area contributed by atoms with Gasteiger partial charge in [-0.05, 0) is 36.8 Å². The topological polar surface area (TPSA) is 44.4 Å². The van der Waals surface area contributed by atoms with Crippen LogP contribution in [0, 0.1) is 6.92 Å². The number of benzene rings is 2. The van der Waals surface area contributed by atoms with Gasteiger partial charge in [0.2, 0.25) is 5.91 Å². The van der Waals surface area contributed by atoms with Gasteiger partial charge in [-0.1, -0.05) is 48.0 Å². The van der Waals surface area contributed by atoms with E-state index in [1.54, 1.807) is 11.9 Å². The number of nitrogens with one attached hydrogen (secondary N) is 2. The SMILES string of the molecule is Cc1ccc(NC(=O)CN(C)C(=S)NCc2ccccc2)cc1. The van der Waals surface area contributed by atoms with Gasteiger partial charge in [-0.2, -0.15) is 0 Å². The number of nitrogens with zero attached hydrogens (tertiary/aromatic N) is 1. The molecule has 0 saturated heterocycles. The predicted molar refractivity (Wildman–Crippen MR) is 98.3 cm³/mol. The van der Waals surface area contributed by atoms with Gasteiger partial charge in [0.15, 0.2) is 5.11 Å². The van der Waals surface area contributed by atoms with Crippen molar-refractivity contribution < 1.29 is 4.79 Å². The summed E-state index contributed by atoms with van der Waals surface area (Å²) in [6, 6.07) is 17.7. The lowest BCUT2D eigenvalue weighted by atomic mass is 10.2. The quantitative estimate of drug-likeness (QED) is 0.829. The minimum atomic E-state index is -0.0970. The van der Waals surface area contributed by atoms with Crippen LogP contribution in [0.5, 0.6) is 0 Å². The highest BCUT2D eigenvalue weighted by Gasteiger charge is 2.09. The third-order valence-corrected chi connectivity index (χ3v) is 3.81. The molecule has 1 amide bonds.